The normalized spacial score (nSPS) is 22.8. The van der Waals surface area contributed by atoms with E-state index in [0.717, 1.165) is 24.3 Å². The van der Waals surface area contributed by atoms with Crippen LogP contribution in [0.5, 0.6) is 34.5 Å². The fourth-order valence-corrected chi connectivity index (χ4v) is 4.54. The molecule has 1 saturated heterocycles. The molecule has 1 unspecified atom stereocenters. The minimum atomic E-state index is -1.83. The van der Waals surface area contributed by atoms with Gasteiger partial charge in [0.1, 0.15) is 35.6 Å². The predicted octanol–water partition coefficient (Wildman–Crippen LogP) is 0.686. The van der Waals surface area contributed by atoms with Gasteiger partial charge in [0.2, 0.25) is 6.29 Å². The SMILES string of the molecule is O=c1cc2oc(-c3cc(O)c(O)c(O)c3)c(O[C@@H]3O[C@H](C[OH+]C(O)C=Cc4ccc(O)cc4)[C@@H](O)[C@H](O)[C@H]3O)cc-2c(O)c1. The number of fused-ring (bicyclic) bond motifs is 1. The molecule has 0 aromatic heterocycles. The molecule has 0 bridgehead atoms. The Hall–Kier alpha value is -4.83. The molecule has 2 heterocycles. The number of benzene rings is 3. The van der Waals surface area contributed by atoms with Gasteiger partial charge >= 0.3 is 0 Å². The third kappa shape index (κ3) is 6.40. The van der Waals surface area contributed by atoms with Gasteiger partial charge in [-0.15, -0.1) is 0 Å². The van der Waals surface area contributed by atoms with Crippen molar-refractivity contribution in [2.45, 2.75) is 37.0 Å². The van der Waals surface area contributed by atoms with Crippen LogP contribution in [0.1, 0.15) is 5.56 Å². The molecule has 2 aromatic carbocycles. The van der Waals surface area contributed by atoms with Crippen LogP contribution in [0.3, 0.4) is 0 Å². The first kappa shape index (κ1) is 30.6. The smallest absolute Gasteiger partial charge is 0.283 e. The van der Waals surface area contributed by atoms with Crippen LogP contribution >= 0.6 is 0 Å². The lowest BCUT2D eigenvalue weighted by Crippen LogP contribution is -2.60. The molecule has 0 radical (unpaired) electrons. The highest BCUT2D eigenvalue weighted by molar-refractivity contribution is 5.77. The molecule has 3 aliphatic rings. The molecule has 2 aromatic rings. The first-order chi connectivity index (χ1) is 20.9. The number of hydrogen-bond donors (Lipinski definition) is 9. The molecule has 14 heteroatoms. The van der Waals surface area contributed by atoms with E-state index in [2.05, 4.69) is 4.74 Å². The van der Waals surface area contributed by atoms with Gasteiger partial charge < -0.3 is 64.6 Å². The summed E-state index contributed by atoms with van der Waals surface area (Å²) >= 11 is 0. The Morgan fingerprint density at radius 3 is 2.23 bits per heavy atom. The maximum absolute atomic E-state index is 12.0. The number of phenols is 5. The van der Waals surface area contributed by atoms with Gasteiger partial charge in [-0.05, 0) is 42.0 Å². The maximum Gasteiger partial charge on any atom is 0.283 e. The first-order valence-electron chi connectivity index (χ1n) is 13.2. The van der Waals surface area contributed by atoms with Crippen molar-refractivity contribution in [3.63, 3.8) is 0 Å². The molecule has 14 nitrogen and oxygen atoms in total. The second-order valence-corrected chi connectivity index (χ2v) is 10.0. The van der Waals surface area contributed by atoms with E-state index in [-0.39, 0.29) is 40.8 Å². The summed E-state index contributed by atoms with van der Waals surface area (Å²) < 4.78 is 21.3. The van der Waals surface area contributed by atoms with Gasteiger partial charge in [-0.25, -0.2) is 0 Å². The standard InChI is InChI=1S/C30H28O14/c31-15-4-1-13(2-5-15)3-6-24(36)41-12-23-26(38)27(39)28(40)30(44-23)43-22-11-17-18(33)9-16(32)10-21(17)42-29(22)14-7-19(34)25(37)20(35)8-14/h1-11,23-24,26-28,30-31,33-40H,12H2/p+1/t23-,24?,26-,27+,28-,30-/m1/s1. The number of phenolic OH excluding ortho intramolecular Hbond substituents is 5. The molecule has 5 rings (SSSR count). The van der Waals surface area contributed by atoms with Gasteiger partial charge in [-0.3, -0.25) is 4.79 Å². The fraction of sp³-hybridized carbons (Fsp3) is 0.233. The zero-order valence-corrected chi connectivity index (χ0v) is 22.6. The molecule has 1 fully saturated rings. The largest absolute Gasteiger partial charge is 0.508 e. The molecule has 0 saturated carbocycles. The van der Waals surface area contributed by atoms with Gasteiger partial charge in [0.05, 0.1) is 5.56 Å². The number of hydrogen-bond acceptors (Lipinski definition) is 13. The lowest BCUT2D eigenvalue weighted by Gasteiger charge is -2.39. The van der Waals surface area contributed by atoms with Crippen LogP contribution in [-0.4, -0.2) is 94.3 Å². The summed E-state index contributed by atoms with van der Waals surface area (Å²) in [6, 6.07) is 11.4. The molecular weight excluding hydrogens is 584 g/mol. The summed E-state index contributed by atoms with van der Waals surface area (Å²) in [5.41, 5.74) is 0.00926. The zero-order chi connectivity index (χ0) is 31.7. The van der Waals surface area contributed by atoms with Gasteiger partial charge in [0.15, 0.2) is 46.9 Å². The summed E-state index contributed by atoms with van der Waals surface area (Å²) in [6.45, 7) is -0.354. The van der Waals surface area contributed by atoms with Crippen molar-refractivity contribution < 1.29 is 64.6 Å². The van der Waals surface area contributed by atoms with Crippen LogP contribution in [0.2, 0.25) is 0 Å². The summed E-state index contributed by atoms with van der Waals surface area (Å²) in [7, 11) is 0. The van der Waals surface area contributed by atoms with Crippen molar-refractivity contribution in [2.75, 3.05) is 6.61 Å². The van der Waals surface area contributed by atoms with Crippen molar-refractivity contribution >= 4 is 6.08 Å². The van der Waals surface area contributed by atoms with Crippen molar-refractivity contribution in [1.29, 1.82) is 0 Å². The van der Waals surface area contributed by atoms with E-state index in [4.69, 9.17) is 13.9 Å². The van der Waals surface area contributed by atoms with Crippen molar-refractivity contribution in [1.82, 2.24) is 0 Å². The highest BCUT2D eigenvalue weighted by atomic mass is 16.7. The van der Waals surface area contributed by atoms with Gasteiger partial charge in [-0.1, -0.05) is 12.1 Å². The van der Waals surface area contributed by atoms with Crippen LogP contribution in [0, 0.1) is 0 Å². The second-order valence-electron chi connectivity index (χ2n) is 10.0. The van der Waals surface area contributed by atoms with E-state index >= 15 is 0 Å². The number of aliphatic hydroxyl groups is 6. The average molecular weight is 614 g/mol. The highest BCUT2D eigenvalue weighted by Gasteiger charge is 2.47. The topological polar surface area (TPSA) is 244 Å². The van der Waals surface area contributed by atoms with Crippen LogP contribution in [0.15, 0.2) is 69.9 Å². The van der Waals surface area contributed by atoms with E-state index in [0.29, 0.717) is 5.56 Å². The summed E-state index contributed by atoms with van der Waals surface area (Å²) in [5, 5.41) is 91.7. The summed E-state index contributed by atoms with van der Waals surface area (Å²) in [5.74, 6) is -3.30. The van der Waals surface area contributed by atoms with Crippen LogP contribution in [-0.2, 0) is 4.74 Å². The highest BCUT2D eigenvalue weighted by Crippen LogP contribution is 2.45. The molecule has 2 aliphatic heterocycles. The number of rotatable bonds is 8. The van der Waals surface area contributed by atoms with Crippen LogP contribution in [0.25, 0.3) is 28.7 Å². The van der Waals surface area contributed by atoms with E-state index < -0.39 is 65.4 Å². The molecule has 0 spiro atoms. The summed E-state index contributed by atoms with van der Waals surface area (Å²) in [6.07, 6.45) is -6.71. The number of aromatic hydroxyl groups is 5. The average Bonchev–Trinajstić information content (AvgIpc) is 2.98. The number of aliphatic hydroxyl groups excluding tert-OH is 4. The molecule has 10 N–H and O–H groups in total. The second kappa shape index (κ2) is 12.4. The quantitative estimate of drug-likeness (QED) is 0.0755. The summed E-state index contributed by atoms with van der Waals surface area (Å²) in [4.78, 5) is 12.0. The van der Waals surface area contributed by atoms with Crippen molar-refractivity contribution in [3.05, 3.63) is 76.5 Å². The number of ether oxygens (including phenoxy) is 3. The van der Waals surface area contributed by atoms with E-state index in [1.807, 2.05) is 0 Å². The van der Waals surface area contributed by atoms with Gasteiger partial charge in [0, 0.05) is 23.8 Å². The molecule has 0 amide bonds. The Morgan fingerprint density at radius 2 is 1.55 bits per heavy atom. The van der Waals surface area contributed by atoms with Gasteiger partial charge in [-0.2, -0.15) is 0 Å². The third-order valence-corrected chi connectivity index (χ3v) is 6.87. The monoisotopic (exact) mass is 613 g/mol. The third-order valence-electron chi connectivity index (χ3n) is 6.87. The van der Waals surface area contributed by atoms with E-state index in [9.17, 15) is 50.8 Å². The Bertz CT molecular complexity index is 1660. The Labute approximate surface area is 248 Å². The molecular formula is C30H29O14+. The maximum atomic E-state index is 12.0. The van der Waals surface area contributed by atoms with E-state index in [1.165, 1.54) is 24.3 Å². The first-order valence-corrected chi connectivity index (χ1v) is 13.2. The lowest BCUT2D eigenvalue weighted by molar-refractivity contribution is -0.303. The zero-order valence-electron chi connectivity index (χ0n) is 22.6. The molecule has 1 aliphatic carbocycles. The molecule has 6 atom stereocenters. The van der Waals surface area contributed by atoms with Crippen LogP contribution < -0.4 is 10.2 Å². The minimum absolute atomic E-state index is 0.00320. The Balaban J connectivity index is 1.41. The molecule has 232 valence electrons. The predicted molar refractivity (Wildman–Crippen MR) is 151 cm³/mol. The van der Waals surface area contributed by atoms with E-state index in [1.54, 1.807) is 18.2 Å². The fourth-order valence-electron chi connectivity index (χ4n) is 4.54. The Morgan fingerprint density at radius 1 is 0.864 bits per heavy atom. The van der Waals surface area contributed by atoms with Crippen LogP contribution in [0.4, 0.5) is 0 Å². The molecule has 44 heavy (non-hydrogen) atoms. The van der Waals surface area contributed by atoms with Crippen molar-refractivity contribution in [2.24, 2.45) is 0 Å². The minimum Gasteiger partial charge on any atom is -0.508 e. The van der Waals surface area contributed by atoms with Gasteiger partial charge in [0.25, 0.3) is 6.29 Å². The Kier molecular flexibility index (Phi) is 8.64. The van der Waals surface area contributed by atoms with Crippen molar-refractivity contribution in [3.8, 4) is 57.1 Å². The lowest BCUT2D eigenvalue weighted by atomic mass is 9.99.